The zero-order chi connectivity index (χ0) is 13.7. The number of piperazine rings is 1. The summed E-state index contributed by atoms with van der Waals surface area (Å²) in [6.45, 7) is 11.4. The molecule has 0 spiro atoms. The molecule has 3 heteroatoms. The van der Waals surface area contributed by atoms with Gasteiger partial charge >= 0.3 is 0 Å². The Morgan fingerprint density at radius 1 is 1.16 bits per heavy atom. The molecule has 0 amide bonds. The molecule has 0 unspecified atom stereocenters. The van der Waals surface area contributed by atoms with Gasteiger partial charge in [0, 0.05) is 45.5 Å². The lowest BCUT2D eigenvalue weighted by atomic mass is 10.1. The van der Waals surface area contributed by atoms with Crippen molar-refractivity contribution in [1.29, 1.82) is 0 Å². The molecular weight excluding hydrogens is 234 g/mol. The van der Waals surface area contributed by atoms with Gasteiger partial charge in [-0.25, -0.2) is 0 Å². The van der Waals surface area contributed by atoms with Crippen LogP contribution in [-0.4, -0.2) is 51.2 Å². The maximum Gasteiger partial charge on any atom is 0.0366 e. The van der Waals surface area contributed by atoms with Gasteiger partial charge in [0.1, 0.15) is 0 Å². The molecule has 19 heavy (non-hydrogen) atoms. The third-order valence-corrected chi connectivity index (χ3v) is 4.11. The molecule has 0 saturated carbocycles. The van der Waals surface area contributed by atoms with Gasteiger partial charge in [-0.2, -0.15) is 0 Å². The Morgan fingerprint density at radius 2 is 1.89 bits per heavy atom. The molecule has 106 valence electrons. The summed E-state index contributed by atoms with van der Waals surface area (Å²) in [6.07, 6.45) is 1.24. The Bertz CT molecular complexity index is 397. The van der Waals surface area contributed by atoms with Gasteiger partial charge in [0.15, 0.2) is 0 Å². The minimum atomic E-state index is 1.13. The maximum atomic E-state index is 3.40. The first-order valence-corrected chi connectivity index (χ1v) is 7.38. The van der Waals surface area contributed by atoms with Crippen molar-refractivity contribution in [3.05, 3.63) is 29.3 Å². The van der Waals surface area contributed by atoms with E-state index in [9.17, 15) is 0 Å². The SMILES string of the molecule is Cc1ccc(N(C)CCCN2CCNCC2)cc1C. The first kappa shape index (κ1) is 14.4. The highest BCUT2D eigenvalue weighted by Gasteiger charge is 2.09. The second kappa shape index (κ2) is 6.92. The average Bonchev–Trinajstić information content (AvgIpc) is 2.43. The van der Waals surface area contributed by atoms with Gasteiger partial charge in [0.25, 0.3) is 0 Å². The van der Waals surface area contributed by atoms with Crippen molar-refractivity contribution in [1.82, 2.24) is 10.2 Å². The van der Waals surface area contributed by atoms with Gasteiger partial charge < -0.3 is 15.1 Å². The highest BCUT2D eigenvalue weighted by atomic mass is 15.2. The van der Waals surface area contributed by atoms with Crippen LogP contribution in [0.1, 0.15) is 17.5 Å². The fourth-order valence-electron chi connectivity index (χ4n) is 2.56. The Kier molecular flexibility index (Phi) is 5.23. The number of nitrogens with one attached hydrogen (secondary N) is 1. The van der Waals surface area contributed by atoms with E-state index in [2.05, 4.69) is 54.2 Å². The summed E-state index contributed by atoms with van der Waals surface area (Å²) in [4.78, 5) is 4.93. The molecule has 1 aromatic rings. The van der Waals surface area contributed by atoms with Crippen LogP contribution in [0.15, 0.2) is 18.2 Å². The van der Waals surface area contributed by atoms with Crippen LogP contribution in [0.25, 0.3) is 0 Å². The van der Waals surface area contributed by atoms with Crippen LogP contribution in [0, 0.1) is 13.8 Å². The van der Waals surface area contributed by atoms with Crippen LogP contribution >= 0.6 is 0 Å². The second-order valence-electron chi connectivity index (χ2n) is 5.64. The van der Waals surface area contributed by atoms with E-state index in [0.717, 1.165) is 19.6 Å². The van der Waals surface area contributed by atoms with Crippen LogP contribution in [0.3, 0.4) is 0 Å². The number of anilines is 1. The quantitative estimate of drug-likeness (QED) is 0.875. The monoisotopic (exact) mass is 261 g/mol. The maximum absolute atomic E-state index is 3.40. The fraction of sp³-hybridized carbons (Fsp3) is 0.625. The average molecular weight is 261 g/mol. The van der Waals surface area contributed by atoms with Crippen LogP contribution < -0.4 is 10.2 Å². The van der Waals surface area contributed by atoms with Crippen molar-refractivity contribution < 1.29 is 0 Å². The van der Waals surface area contributed by atoms with E-state index in [1.165, 1.54) is 42.9 Å². The summed E-state index contributed by atoms with van der Waals surface area (Å²) in [5.74, 6) is 0. The zero-order valence-corrected chi connectivity index (χ0v) is 12.6. The molecule has 2 rings (SSSR count). The number of aryl methyl sites for hydroxylation is 2. The molecule has 0 aliphatic carbocycles. The molecule has 1 saturated heterocycles. The van der Waals surface area contributed by atoms with E-state index in [0.29, 0.717) is 0 Å². The van der Waals surface area contributed by atoms with Gasteiger partial charge in [0.2, 0.25) is 0 Å². The van der Waals surface area contributed by atoms with Crippen LogP contribution in [0.5, 0.6) is 0 Å². The van der Waals surface area contributed by atoms with Crippen molar-refractivity contribution in [2.24, 2.45) is 0 Å². The predicted octanol–water partition coefficient (Wildman–Crippen LogP) is 2.03. The van der Waals surface area contributed by atoms with Gasteiger partial charge in [-0.1, -0.05) is 6.07 Å². The molecule has 0 aromatic heterocycles. The molecule has 1 aliphatic rings. The topological polar surface area (TPSA) is 18.5 Å². The molecule has 1 aromatic carbocycles. The Hall–Kier alpha value is -1.06. The largest absolute Gasteiger partial charge is 0.375 e. The second-order valence-corrected chi connectivity index (χ2v) is 5.64. The highest BCUT2D eigenvalue weighted by Crippen LogP contribution is 2.17. The van der Waals surface area contributed by atoms with E-state index in [-0.39, 0.29) is 0 Å². The lowest BCUT2D eigenvalue weighted by Gasteiger charge is -2.28. The van der Waals surface area contributed by atoms with E-state index in [1.807, 2.05) is 0 Å². The van der Waals surface area contributed by atoms with Crippen molar-refractivity contribution in [2.75, 3.05) is 51.2 Å². The molecule has 1 heterocycles. The molecule has 1 N–H and O–H groups in total. The minimum absolute atomic E-state index is 1.13. The van der Waals surface area contributed by atoms with Crippen LogP contribution in [0.4, 0.5) is 5.69 Å². The molecule has 0 bridgehead atoms. The fourth-order valence-corrected chi connectivity index (χ4v) is 2.56. The number of rotatable bonds is 5. The highest BCUT2D eigenvalue weighted by molar-refractivity contribution is 5.49. The van der Waals surface area contributed by atoms with Gasteiger partial charge in [0.05, 0.1) is 0 Å². The van der Waals surface area contributed by atoms with E-state index < -0.39 is 0 Å². The summed E-state index contributed by atoms with van der Waals surface area (Å²) in [6, 6.07) is 6.74. The molecule has 0 radical (unpaired) electrons. The number of nitrogens with zero attached hydrogens (tertiary/aromatic N) is 2. The third-order valence-electron chi connectivity index (χ3n) is 4.11. The lowest BCUT2D eigenvalue weighted by Crippen LogP contribution is -2.44. The van der Waals surface area contributed by atoms with Crippen LogP contribution in [0.2, 0.25) is 0 Å². The minimum Gasteiger partial charge on any atom is -0.375 e. The summed E-state index contributed by atoms with van der Waals surface area (Å²) in [7, 11) is 2.20. The Morgan fingerprint density at radius 3 is 2.58 bits per heavy atom. The molecule has 3 nitrogen and oxygen atoms in total. The molecular formula is C16H27N3. The van der Waals surface area contributed by atoms with Gasteiger partial charge in [-0.15, -0.1) is 0 Å². The standard InChI is InChI=1S/C16H27N3/c1-14-5-6-16(13-15(14)2)18(3)9-4-10-19-11-7-17-8-12-19/h5-6,13,17H,4,7-12H2,1-3H3. The predicted molar refractivity (Wildman–Crippen MR) is 83.1 cm³/mol. The molecule has 1 fully saturated rings. The summed E-state index contributed by atoms with van der Waals surface area (Å²) in [5, 5.41) is 3.40. The van der Waals surface area contributed by atoms with E-state index in [4.69, 9.17) is 0 Å². The Labute approximate surface area is 117 Å². The number of hydrogen-bond acceptors (Lipinski definition) is 3. The van der Waals surface area contributed by atoms with Crippen molar-refractivity contribution >= 4 is 5.69 Å². The van der Waals surface area contributed by atoms with Crippen LogP contribution in [-0.2, 0) is 0 Å². The third kappa shape index (κ3) is 4.22. The summed E-state index contributed by atoms with van der Waals surface area (Å²) < 4.78 is 0. The lowest BCUT2D eigenvalue weighted by molar-refractivity contribution is 0.239. The van der Waals surface area contributed by atoms with Crippen molar-refractivity contribution in [3.63, 3.8) is 0 Å². The molecule has 1 aliphatic heterocycles. The van der Waals surface area contributed by atoms with Crippen molar-refractivity contribution in [2.45, 2.75) is 20.3 Å². The van der Waals surface area contributed by atoms with E-state index in [1.54, 1.807) is 0 Å². The molecule has 0 atom stereocenters. The number of hydrogen-bond donors (Lipinski definition) is 1. The zero-order valence-electron chi connectivity index (χ0n) is 12.6. The van der Waals surface area contributed by atoms with E-state index >= 15 is 0 Å². The smallest absolute Gasteiger partial charge is 0.0366 e. The normalized spacial score (nSPS) is 16.6. The first-order valence-electron chi connectivity index (χ1n) is 7.38. The van der Waals surface area contributed by atoms with Crippen molar-refractivity contribution in [3.8, 4) is 0 Å². The summed E-state index contributed by atoms with van der Waals surface area (Å²) in [5.41, 5.74) is 4.09. The Balaban J connectivity index is 1.76. The number of benzene rings is 1. The van der Waals surface area contributed by atoms with Gasteiger partial charge in [-0.3, -0.25) is 0 Å². The first-order chi connectivity index (χ1) is 9.16. The summed E-state index contributed by atoms with van der Waals surface area (Å²) >= 11 is 0. The van der Waals surface area contributed by atoms with Gasteiger partial charge in [-0.05, 0) is 50.1 Å².